The molecule has 38 heavy (non-hydrogen) atoms. The van der Waals surface area contributed by atoms with Crippen molar-refractivity contribution in [2.75, 3.05) is 20.8 Å². The first kappa shape index (κ1) is 28.1. The van der Waals surface area contributed by atoms with E-state index < -0.39 is 12.0 Å². The van der Waals surface area contributed by atoms with Crippen molar-refractivity contribution in [1.29, 1.82) is 0 Å². The summed E-state index contributed by atoms with van der Waals surface area (Å²) in [6.07, 6.45) is 2.99. The standard InChI is InChI=1S/C27H26Br2N2O6S/c1-5-7-18-22(26(34)37-6-2)23(16-13-15(28)8-9-19(16)35-3)31-25(33)21(38-27(31)30-18)12-14-10-17(29)24(32)20(11-14)36-4/h8-13,23,32H,5-7H2,1-4H3/b21-12+/t23-/m0/s1. The molecule has 1 aliphatic heterocycles. The lowest BCUT2D eigenvalue weighted by Gasteiger charge is -2.27. The Balaban J connectivity index is 2.05. The fourth-order valence-corrected chi connectivity index (χ4v) is 6.18. The highest BCUT2D eigenvalue weighted by atomic mass is 79.9. The number of fused-ring (bicyclic) bond motifs is 1. The third kappa shape index (κ3) is 5.32. The van der Waals surface area contributed by atoms with E-state index in [1.807, 2.05) is 19.1 Å². The fraction of sp³-hybridized carbons (Fsp3) is 0.296. The van der Waals surface area contributed by atoms with Gasteiger partial charge in [-0.15, -0.1) is 0 Å². The Morgan fingerprint density at radius 3 is 2.55 bits per heavy atom. The highest BCUT2D eigenvalue weighted by Gasteiger charge is 2.36. The summed E-state index contributed by atoms with van der Waals surface area (Å²) in [5.41, 5.74) is 1.86. The number of methoxy groups -OCH3 is 2. The van der Waals surface area contributed by atoms with E-state index >= 15 is 0 Å². The maximum Gasteiger partial charge on any atom is 0.338 e. The van der Waals surface area contributed by atoms with Gasteiger partial charge in [0.15, 0.2) is 16.3 Å². The first-order valence-electron chi connectivity index (χ1n) is 11.9. The number of aromatic hydroxyl groups is 1. The van der Waals surface area contributed by atoms with E-state index in [0.29, 0.717) is 48.4 Å². The van der Waals surface area contributed by atoms with Crippen LogP contribution in [-0.2, 0) is 9.53 Å². The Bertz CT molecular complexity index is 1610. The second-order valence-electron chi connectivity index (χ2n) is 8.35. The quantitative estimate of drug-likeness (QED) is 0.346. The number of halogens is 2. The van der Waals surface area contributed by atoms with E-state index in [1.54, 1.807) is 38.3 Å². The molecule has 0 spiro atoms. The third-order valence-electron chi connectivity index (χ3n) is 5.95. The molecule has 2 heterocycles. The number of hydrogen-bond donors (Lipinski definition) is 1. The predicted octanol–water partition coefficient (Wildman–Crippen LogP) is 4.83. The lowest BCUT2D eigenvalue weighted by Crippen LogP contribution is -2.40. The van der Waals surface area contributed by atoms with Crippen LogP contribution in [0.4, 0.5) is 0 Å². The molecule has 0 bridgehead atoms. The number of carbonyl (C=O) groups is 1. The number of allylic oxidation sites excluding steroid dienone is 1. The van der Waals surface area contributed by atoms with Crippen LogP contribution in [0.25, 0.3) is 6.08 Å². The van der Waals surface area contributed by atoms with E-state index in [4.69, 9.17) is 19.2 Å². The molecule has 1 atom stereocenters. The summed E-state index contributed by atoms with van der Waals surface area (Å²) in [7, 11) is 3.00. The number of aromatic nitrogens is 1. The summed E-state index contributed by atoms with van der Waals surface area (Å²) in [5, 5.41) is 10.2. The van der Waals surface area contributed by atoms with Crippen molar-refractivity contribution in [1.82, 2.24) is 4.57 Å². The van der Waals surface area contributed by atoms with Crippen LogP contribution in [-0.4, -0.2) is 36.5 Å². The zero-order chi connectivity index (χ0) is 27.6. The molecule has 0 aliphatic carbocycles. The van der Waals surface area contributed by atoms with Crippen molar-refractivity contribution in [2.24, 2.45) is 4.99 Å². The zero-order valence-corrected chi connectivity index (χ0v) is 25.2. The second kappa shape index (κ2) is 11.9. The van der Waals surface area contributed by atoms with Gasteiger partial charge in [0.05, 0.1) is 41.1 Å². The van der Waals surface area contributed by atoms with Gasteiger partial charge in [-0.3, -0.25) is 9.36 Å². The lowest BCUT2D eigenvalue weighted by molar-refractivity contribution is -0.139. The van der Waals surface area contributed by atoms with Crippen molar-refractivity contribution in [3.63, 3.8) is 0 Å². The van der Waals surface area contributed by atoms with Gasteiger partial charge in [0.2, 0.25) is 0 Å². The lowest BCUT2D eigenvalue weighted by atomic mass is 9.93. The van der Waals surface area contributed by atoms with Gasteiger partial charge >= 0.3 is 5.97 Å². The van der Waals surface area contributed by atoms with Gasteiger partial charge in [-0.05, 0) is 71.2 Å². The number of nitrogens with zero attached hydrogens (tertiary/aromatic N) is 2. The minimum Gasteiger partial charge on any atom is -0.503 e. The monoisotopic (exact) mass is 664 g/mol. The molecule has 0 radical (unpaired) electrons. The van der Waals surface area contributed by atoms with Crippen molar-refractivity contribution < 1.29 is 24.1 Å². The smallest absolute Gasteiger partial charge is 0.338 e. The molecule has 0 unspecified atom stereocenters. The van der Waals surface area contributed by atoms with Gasteiger partial charge in [-0.2, -0.15) is 0 Å². The van der Waals surface area contributed by atoms with Gasteiger partial charge in [0.1, 0.15) is 11.8 Å². The fourth-order valence-electron chi connectivity index (χ4n) is 4.32. The van der Waals surface area contributed by atoms with E-state index in [2.05, 4.69) is 31.9 Å². The van der Waals surface area contributed by atoms with Gasteiger partial charge in [0.25, 0.3) is 5.56 Å². The third-order valence-corrected chi connectivity index (χ3v) is 8.03. The molecule has 11 heteroatoms. The number of carbonyl (C=O) groups excluding carboxylic acids is 1. The Morgan fingerprint density at radius 1 is 1.16 bits per heavy atom. The van der Waals surface area contributed by atoms with Crippen LogP contribution in [0.3, 0.4) is 0 Å². The SMILES string of the molecule is CCCC1=C(C(=O)OCC)[C@H](c2cc(Br)ccc2OC)n2c(s/c(=C/c3cc(Br)c(O)c(OC)c3)c2=O)=N1. The minimum atomic E-state index is -0.803. The average molecular weight is 666 g/mol. The molecule has 0 saturated carbocycles. The van der Waals surface area contributed by atoms with Crippen LogP contribution in [0.1, 0.15) is 43.9 Å². The number of ether oxygens (including phenoxy) is 3. The molecule has 0 amide bonds. The number of hydrogen-bond acceptors (Lipinski definition) is 8. The zero-order valence-electron chi connectivity index (χ0n) is 21.2. The van der Waals surface area contributed by atoms with Crippen molar-refractivity contribution in [3.8, 4) is 17.2 Å². The van der Waals surface area contributed by atoms with Gasteiger partial charge < -0.3 is 19.3 Å². The molecular formula is C27H26Br2N2O6S. The molecule has 4 rings (SSSR count). The first-order valence-corrected chi connectivity index (χ1v) is 14.3. The van der Waals surface area contributed by atoms with Gasteiger partial charge in [-0.1, -0.05) is 40.6 Å². The van der Waals surface area contributed by atoms with Crippen LogP contribution in [0.2, 0.25) is 0 Å². The summed E-state index contributed by atoms with van der Waals surface area (Å²) in [5.74, 6) is 0.244. The Morgan fingerprint density at radius 2 is 1.89 bits per heavy atom. The Labute approximate surface area is 240 Å². The summed E-state index contributed by atoms with van der Waals surface area (Å²) in [6.45, 7) is 3.93. The molecule has 0 saturated heterocycles. The van der Waals surface area contributed by atoms with Crippen molar-refractivity contribution in [3.05, 3.63) is 81.4 Å². The number of esters is 1. The summed E-state index contributed by atoms with van der Waals surface area (Å²) in [4.78, 5) is 32.5. The second-order valence-corrected chi connectivity index (χ2v) is 11.1. The number of phenols is 1. The molecule has 0 fully saturated rings. The van der Waals surface area contributed by atoms with Crippen molar-refractivity contribution >= 4 is 55.2 Å². The molecule has 200 valence electrons. The largest absolute Gasteiger partial charge is 0.503 e. The van der Waals surface area contributed by atoms with Crippen LogP contribution in [0, 0.1) is 0 Å². The molecule has 1 aliphatic rings. The molecule has 3 aromatic rings. The Kier molecular flexibility index (Phi) is 8.79. The molecule has 8 nitrogen and oxygen atoms in total. The van der Waals surface area contributed by atoms with E-state index in [9.17, 15) is 14.7 Å². The van der Waals surface area contributed by atoms with Crippen LogP contribution in [0.15, 0.2) is 60.3 Å². The number of rotatable bonds is 8. The maximum absolute atomic E-state index is 13.9. The van der Waals surface area contributed by atoms with Gasteiger partial charge in [-0.25, -0.2) is 9.79 Å². The minimum absolute atomic E-state index is 0.0313. The molecule has 1 aromatic heterocycles. The summed E-state index contributed by atoms with van der Waals surface area (Å²) < 4.78 is 19.5. The van der Waals surface area contributed by atoms with Crippen LogP contribution in [0.5, 0.6) is 17.2 Å². The van der Waals surface area contributed by atoms with Crippen LogP contribution < -0.4 is 24.4 Å². The molecule has 1 N–H and O–H groups in total. The number of phenolic OH excluding ortho intramolecular Hbond substituents is 1. The number of thiazole rings is 1. The first-order chi connectivity index (χ1) is 18.2. The topological polar surface area (TPSA) is 99.4 Å². The van der Waals surface area contributed by atoms with Crippen molar-refractivity contribution in [2.45, 2.75) is 32.7 Å². The van der Waals surface area contributed by atoms with Crippen LogP contribution >= 0.6 is 43.2 Å². The average Bonchev–Trinajstić information content (AvgIpc) is 3.19. The highest BCUT2D eigenvalue weighted by molar-refractivity contribution is 9.10. The maximum atomic E-state index is 13.9. The van der Waals surface area contributed by atoms with E-state index in [1.165, 1.54) is 23.0 Å². The van der Waals surface area contributed by atoms with E-state index in [0.717, 1.165) is 10.9 Å². The summed E-state index contributed by atoms with van der Waals surface area (Å²) in [6, 6.07) is 8.00. The normalized spacial score (nSPS) is 15.2. The Hall–Kier alpha value is -2.89. The summed E-state index contributed by atoms with van der Waals surface area (Å²) >= 11 is 8.07. The van der Waals surface area contributed by atoms with Gasteiger partial charge in [0, 0.05) is 10.0 Å². The molecule has 2 aromatic carbocycles. The molecular weight excluding hydrogens is 640 g/mol. The van der Waals surface area contributed by atoms with E-state index in [-0.39, 0.29) is 23.7 Å². The predicted molar refractivity (Wildman–Crippen MR) is 153 cm³/mol. The highest BCUT2D eigenvalue weighted by Crippen LogP contribution is 2.38. The number of benzene rings is 2.